The number of anilines is 2. The maximum absolute atomic E-state index is 12.1. The Balaban J connectivity index is 2.48. The minimum absolute atomic E-state index is 0.0846. The van der Waals surface area contributed by atoms with Gasteiger partial charge in [-0.15, -0.1) is 0 Å². The van der Waals surface area contributed by atoms with Gasteiger partial charge in [0.25, 0.3) is 5.91 Å². The fraction of sp³-hybridized carbons (Fsp3) is 0.214. The average Bonchev–Trinajstić information content (AvgIpc) is 2.45. The largest absolute Gasteiger partial charge is 0.505 e. The first-order valence-corrected chi connectivity index (χ1v) is 6.85. The fourth-order valence-corrected chi connectivity index (χ4v) is 2.37. The molecule has 0 aliphatic carbocycles. The predicted molar refractivity (Wildman–Crippen MR) is 83.2 cm³/mol. The second-order valence-corrected chi connectivity index (χ2v) is 5.66. The van der Waals surface area contributed by atoms with Gasteiger partial charge in [-0.1, -0.05) is 0 Å². The van der Waals surface area contributed by atoms with Crippen LogP contribution in [-0.2, 0) is 0 Å². The molecule has 7 heteroatoms. The number of benzene rings is 1. The molecule has 1 amide bonds. The average molecular weight is 353 g/mol. The van der Waals surface area contributed by atoms with E-state index in [4.69, 9.17) is 0 Å². The van der Waals surface area contributed by atoms with Crippen LogP contribution in [0, 0.1) is 6.92 Å². The molecule has 6 nitrogen and oxygen atoms in total. The van der Waals surface area contributed by atoms with Crippen molar-refractivity contribution in [2.75, 3.05) is 19.4 Å². The third-order valence-corrected chi connectivity index (χ3v) is 3.82. The molecule has 2 aromatic rings. The van der Waals surface area contributed by atoms with E-state index < -0.39 is 10.9 Å². The van der Waals surface area contributed by atoms with Crippen LogP contribution in [0.4, 0.5) is 11.4 Å². The molecule has 110 valence electrons. The zero-order valence-electron chi connectivity index (χ0n) is 11.7. The highest BCUT2D eigenvalue weighted by Gasteiger charge is 2.22. The number of hydrogen-bond donors (Lipinski definition) is 2. The molecule has 0 saturated heterocycles. The molecule has 0 unspecified atom stereocenters. The molecule has 0 aromatic heterocycles. The summed E-state index contributed by atoms with van der Waals surface area (Å²) in [6.45, 7) is 1.52. The molecule has 0 radical (unpaired) electrons. The van der Waals surface area contributed by atoms with Gasteiger partial charge >= 0.3 is 0 Å². The first-order chi connectivity index (χ1) is 9.75. The number of nitrogens with zero attached hydrogens (tertiary/aromatic N) is 1. The van der Waals surface area contributed by atoms with Crippen molar-refractivity contribution in [2.45, 2.75) is 6.92 Å². The van der Waals surface area contributed by atoms with Gasteiger partial charge in [-0.25, -0.2) is 0 Å². The quantitative estimate of drug-likeness (QED) is 0.645. The predicted octanol–water partition coefficient (Wildman–Crippen LogP) is 1.50. The van der Waals surface area contributed by atoms with Crippen molar-refractivity contribution in [1.29, 1.82) is 0 Å². The van der Waals surface area contributed by atoms with Gasteiger partial charge in [0, 0.05) is 24.1 Å². The number of hydrogen-bond acceptors (Lipinski definition) is 5. The Hall–Kier alpha value is -2.15. The second kappa shape index (κ2) is 5.33. The standard InChI is InChI=1S/C14H13BrN2O4/c1-6-10(13(20)11(6)18)16-8-5-4-7(15)9(12(8)19)14(21)17(2)3/h4-5,16,19H,1-3H3. The van der Waals surface area contributed by atoms with E-state index in [1.165, 1.54) is 17.9 Å². The molecular formula is C14H13BrN2O4. The molecule has 0 bridgehead atoms. The van der Waals surface area contributed by atoms with Crippen LogP contribution >= 0.6 is 15.9 Å². The van der Waals surface area contributed by atoms with E-state index in [0.29, 0.717) is 10.0 Å². The van der Waals surface area contributed by atoms with Crippen LogP contribution in [0.3, 0.4) is 0 Å². The van der Waals surface area contributed by atoms with Crippen molar-refractivity contribution in [1.82, 2.24) is 4.90 Å². The van der Waals surface area contributed by atoms with Gasteiger partial charge in [-0.3, -0.25) is 14.4 Å². The summed E-state index contributed by atoms with van der Waals surface area (Å²) >= 11 is 3.21. The topological polar surface area (TPSA) is 86.7 Å². The number of phenolic OH excluding ortho intramolecular Hbond substituents is 1. The molecule has 0 aliphatic heterocycles. The van der Waals surface area contributed by atoms with E-state index in [-0.39, 0.29) is 28.6 Å². The number of phenols is 1. The lowest BCUT2D eigenvalue weighted by atomic mass is 10.1. The summed E-state index contributed by atoms with van der Waals surface area (Å²) in [4.78, 5) is 36.0. The van der Waals surface area contributed by atoms with Crippen LogP contribution in [0.1, 0.15) is 15.9 Å². The van der Waals surface area contributed by atoms with Crippen LogP contribution in [-0.4, -0.2) is 30.0 Å². The highest BCUT2D eigenvalue weighted by molar-refractivity contribution is 9.10. The van der Waals surface area contributed by atoms with E-state index in [9.17, 15) is 19.5 Å². The molecular weight excluding hydrogens is 340 g/mol. The molecule has 0 heterocycles. The number of aromatic hydroxyl groups is 1. The summed E-state index contributed by atoms with van der Waals surface area (Å²) in [7, 11) is 3.13. The third kappa shape index (κ3) is 2.44. The second-order valence-electron chi connectivity index (χ2n) is 4.80. The van der Waals surface area contributed by atoms with Crippen molar-refractivity contribution >= 4 is 33.2 Å². The Morgan fingerprint density at radius 2 is 1.86 bits per heavy atom. The molecule has 2 rings (SSSR count). The number of nitrogens with one attached hydrogen (secondary N) is 1. The first kappa shape index (κ1) is 15.2. The number of carbonyl (C=O) groups excluding carboxylic acids is 1. The maximum atomic E-state index is 12.1. The molecule has 21 heavy (non-hydrogen) atoms. The van der Waals surface area contributed by atoms with Crippen LogP contribution in [0.15, 0.2) is 26.2 Å². The van der Waals surface area contributed by atoms with Gasteiger partial charge < -0.3 is 15.3 Å². The van der Waals surface area contributed by atoms with E-state index in [1.54, 1.807) is 20.2 Å². The first-order valence-electron chi connectivity index (χ1n) is 6.05. The lowest BCUT2D eigenvalue weighted by Gasteiger charge is -2.17. The van der Waals surface area contributed by atoms with Gasteiger partial charge in [-0.05, 0) is 35.0 Å². The Kier molecular flexibility index (Phi) is 3.87. The van der Waals surface area contributed by atoms with E-state index >= 15 is 0 Å². The van der Waals surface area contributed by atoms with Gasteiger partial charge in [0.05, 0.1) is 16.9 Å². The van der Waals surface area contributed by atoms with Crippen molar-refractivity contribution in [3.05, 3.63) is 48.2 Å². The molecule has 0 fully saturated rings. The smallest absolute Gasteiger partial charge is 0.258 e. The zero-order valence-corrected chi connectivity index (χ0v) is 13.2. The Bertz CT molecular complexity index is 804. The molecule has 0 aliphatic rings. The fourth-order valence-electron chi connectivity index (χ4n) is 1.88. The molecule has 0 atom stereocenters. The van der Waals surface area contributed by atoms with Crippen LogP contribution < -0.4 is 16.2 Å². The molecule has 0 saturated carbocycles. The lowest BCUT2D eigenvalue weighted by Crippen LogP contribution is -2.36. The highest BCUT2D eigenvalue weighted by atomic mass is 79.9. The van der Waals surface area contributed by atoms with Crippen molar-refractivity contribution in [3.63, 3.8) is 0 Å². The van der Waals surface area contributed by atoms with Crippen LogP contribution in [0.25, 0.3) is 0 Å². The van der Waals surface area contributed by atoms with E-state index in [0.717, 1.165) is 0 Å². The minimum Gasteiger partial charge on any atom is -0.505 e. The highest BCUT2D eigenvalue weighted by Crippen LogP contribution is 2.35. The molecule has 0 spiro atoms. The van der Waals surface area contributed by atoms with E-state index in [2.05, 4.69) is 21.2 Å². The summed E-state index contributed by atoms with van der Waals surface area (Å²) in [5.41, 5.74) is -0.447. The Morgan fingerprint density at radius 3 is 2.38 bits per heavy atom. The zero-order chi connectivity index (χ0) is 15.9. The normalized spacial score (nSPS) is 10.7. The summed E-state index contributed by atoms with van der Waals surface area (Å²) in [5.74, 6) is -0.666. The monoisotopic (exact) mass is 352 g/mol. The van der Waals surface area contributed by atoms with Crippen molar-refractivity contribution in [2.24, 2.45) is 0 Å². The van der Waals surface area contributed by atoms with Crippen LogP contribution in [0.5, 0.6) is 5.75 Å². The van der Waals surface area contributed by atoms with Gasteiger partial charge in [0.1, 0.15) is 0 Å². The summed E-state index contributed by atoms with van der Waals surface area (Å²) in [6, 6.07) is 3.10. The molecule has 2 N–H and O–H groups in total. The Labute approximate surface area is 128 Å². The van der Waals surface area contributed by atoms with E-state index in [1.807, 2.05) is 0 Å². The lowest BCUT2D eigenvalue weighted by molar-refractivity contribution is 0.0824. The maximum Gasteiger partial charge on any atom is 0.258 e. The van der Waals surface area contributed by atoms with Gasteiger partial charge in [-0.2, -0.15) is 0 Å². The van der Waals surface area contributed by atoms with Gasteiger partial charge in [0.15, 0.2) is 5.75 Å². The summed E-state index contributed by atoms with van der Waals surface area (Å²) in [6.07, 6.45) is 0. The van der Waals surface area contributed by atoms with Crippen molar-refractivity contribution < 1.29 is 9.90 Å². The number of rotatable bonds is 3. The minimum atomic E-state index is -0.629. The number of halogens is 1. The summed E-state index contributed by atoms with van der Waals surface area (Å²) in [5, 5.41) is 12.9. The molecule has 2 aromatic carbocycles. The Morgan fingerprint density at radius 1 is 1.24 bits per heavy atom. The van der Waals surface area contributed by atoms with Gasteiger partial charge in [0.2, 0.25) is 10.9 Å². The summed E-state index contributed by atoms with van der Waals surface area (Å²) < 4.78 is 0.436. The number of amides is 1. The number of carbonyl (C=O) groups is 1. The van der Waals surface area contributed by atoms with Crippen molar-refractivity contribution in [3.8, 4) is 5.75 Å². The van der Waals surface area contributed by atoms with Crippen LogP contribution in [0.2, 0.25) is 0 Å². The third-order valence-electron chi connectivity index (χ3n) is 3.16. The SMILES string of the molecule is Cc1c(Nc2ccc(Br)c(C(=O)N(C)C)c2O)c(=O)c1=O.